The Balaban J connectivity index is 1.65. The highest BCUT2D eigenvalue weighted by Gasteiger charge is 2.37. The minimum absolute atomic E-state index is 0.243. The van der Waals surface area contributed by atoms with Crippen LogP contribution in [0.4, 0.5) is 0 Å². The molecule has 1 heterocycles. The zero-order chi connectivity index (χ0) is 12.6. The van der Waals surface area contributed by atoms with Gasteiger partial charge in [0.1, 0.15) is 13.2 Å². The molecule has 98 valence electrons. The molecule has 2 aliphatic rings. The average Bonchev–Trinajstić information content (AvgIpc) is 3.21. The lowest BCUT2D eigenvalue weighted by molar-refractivity contribution is 0.171. The van der Waals surface area contributed by atoms with Crippen molar-refractivity contribution in [1.82, 2.24) is 5.32 Å². The van der Waals surface area contributed by atoms with E-state index in [9.17, 15) is 0 Å². The summed E-state index contributed by atoms with van der Waals surface area (Å²) in [5, 5.41) is 3.65. The topological polar surface area (TPSA) is 30.5 Å². The number of nitrogens with one attached hydrogen (secondary N) is 1. The molecule has 1 aliphatic carbocycles. The van der Waals surface area contributed by atoms with Crippen LogP contribution in [-0.4, -0.2) is 18.8 Å². The second-order valence-electron chi connectivity index (χ2n) is 5.83. The van der Waals surface area contributed by atoms with Crippen LogP contribution in [-0.2, 0) is 6.54 Å². The third kappa shape index (κ3) is 2.46. The van der Waals surface area contributed by atoms with Crippen molar-refractivity contribution in [2.75, 3.05) is 13.2 Å². The minimum Gasteiger partial charge on any atom is -0.486 e. The molecule has 3 heteroatoms. The normalized spacial score (nSPS) is 18.8. The molecule has 0 amide bonds. The molecule has 1 aromatic carbocycles. The first kappa shape index (κ1) is 11.8. The molecule has 0 atom stereocenters. The number of fused-ring (bicyclic) bond motifs is 1. The van der Waals surface area contributed by atoms with Crippen molar-refractivity contribution in [3.63, 3.8) is 0 Å². The molecule has 0 spiro atoms. The summed E-state index contributed by atoms with van der Waals surface area (Å²) in [6.07, 6.45) is 2.72. The van der Waals surface area contributed by atoms with Crippen molar-refractivity contribution in [1.29, 1.82) is 0 Å². The molecule has 1 N–H and O–H groups in total. The monoisotopic (exact) mass is 247 g/mol. The maximum Gasteiger partial charge on any atom is 0.161 e. The quantitative estimate of drug-likeness (QED) is 0.887. The Morgan fingerprint density at radius 2 is 1.89 bits per heavy atom. The van der Waals surface area contributed by atoms with Crippen LogP contribution in [0.5, 0.6) is 11.5 Å². The van der Waals surface area contributed by atoms with Gasteiger partial charge in [-0.3, -0.25) is 0 Å². The molecule has 1 saturated carbocycles. The van der Waals surface area contributed by atoms with Gasteiger partial charge in [0.05, 0.1) is 0 Å². The highest BCUT2D eigenvalue weighted by atomic mass is 16.6. The first-order chi connectivity index (χ1) is 8.65. The van der Waals surface area contributed by atoms with Crippen molar-refractivity contribution >= 4 is 0 Å². The Hall–Kier alpha value is -1.22. The summed E-state index contributed by atoms with van der Waals surface area (Å²) in [7, 11) is 0. The van der Waals surface area contributed by atoms with E-state index in [1.165, 1.54) is 18.4 Å². The number of hydrogen-bond acceptors (Lipinski definition) is 3. The van der Waals surface area contributed by atoms with Gasteiger partial charge in [-0.15, -0.1) is 0 Å². The molecular formula is C15H21NO2. The first-order valence-corrected chi connectivity index (χ1v) is 6.79. The van der Waals surface area contributed by atoms with Gasteiger partial charge in [0.15, 0.2) is 11.5 Å². The predicted octanol–water partition coefficient (Wildman–Crippen LogP) is 2.74. The highest BCUT2D eigenvalue weighted by molar-refractivity contribution is 5.43. The van der Waals surface area contributed by atoms with Crippen LogP contribution in [0, 0.1) is 5.92 Å². The van der Waals surface area contributed by atoms with E-state index in [4.69, 9.17) is 9.47 Å². The first-order valence-electron chi connectivity index (χ1n) is 6.79. The van der Waals surface area contributed by atoms with Crippen LogP contribution in [0.2, 0.25) is 0 Å². The van der Waals surface area contributed by atoms with Crippen molar-refractivity contribution < 1.29 is 9.47 Å². The van der Waals surface area contributed by atoms with Gasteiger partial charge < -0.3 is 14.8 Å². The Morgan fingerprint density at radius 1 is 1.17 bits per heavy atom. The van der Waals surface area contributed by atoms with E-state index < -0.39 is 0 Å². The molecule has 1 fully saturated rings. The summed E-state index contributed by atoms with van der Waals surface area (Å²) in [6.45, 7) is 6.78. The molecule has 0 radical (unpaired) electrons. The zero-order valence-electron chi connectivity index (χ0n) is 11.2. The van der Waals surface area contributed by atoms with Crippen molar-refractivity contribution in [2.24, 2.45) is 5.92 Å². The maximum absolute atomic E-state index is 5.60. The van der Waals surface area contributed by atoms with Gasteiger partial charge in [-0.25, -0.2) is 0 Å². The fourth-order valence-corrected chi connectivity index (χ4v) is 2.48. The summed E-state index contributed by atoms with van der Waals surface area (Å²) in [5.74, 6) is 2.59. The second kappa shape index (κ2) is 4.47. The van der Waals surface area contributed by atoms with E-state index in [0.29, 0.717) is 13.2 Å². The number of rotatable bonds is 4. The third-order valence-electron chi connectivity index (χ3n) is 3.95. The largest absolute Gasteiger partial charge is 0.486 e. The molecule has 0 aromatic heterocycles. The fourth-order valence-electron chi connectivity index (χ4n) is 2.48. The van der Waals surface area contributed by atoms with Crippen LogP contribution in [0.15, 0.2) is 18.2 Å². The molecule has 3 rings (SSSR count). The third-order valence-corrected chi connectivity index (χ3v) is 3.95. The average molecular weight is 247 g/mol. The molecule has 18 heavy (non-hydrogen) atoms. The summed E-state index contributed by atoms with van der Waals surface area (Å²) < 4.78 is 11.1. The number of benzene rings is 1. The van der Waals surface area contributed by atoms with Gasteiger partial charge in [0, 0.05) is 12.1 Å². The van der Waals surface area contributed by atoms with Crippen LogP contribution in [0.3, 0.4) is 0 Å². The second-order valence-corrected chi connectivity index (χ2v) is 5.83. The van der Waals surface area contributed by atoms with Gasteiger partial charge >= 0.3 is 0 Å². The molecule has 0 saturated heterocycles. The van der Waals surface area contributed by atoms with Gasteiger partial charge in [0.2, 0.25) is 0 Å². The lowest BCUT2D eigenvalue weighted by Crippen LogP contribution is -2.40. The van der Waals surface area contributed by atoms with E-state index in [2.05, 4.69) is 31.3 Å². The minimum atomic E-state index is 0.243. The standard InChI is InChI=1S/C15H21NO2/c1-15(2,12-4-5-12)16-10-11-3-6-13-14(9-11)18-8-7-17-13/h3,6,9,12,16H,4-5,7-8,10H2,1-2H3. The lowest BCUT2D eigenvalue weighted by Gasteiger charge is -2.27. The predicted molar refractivity (Wildman–Crippen MR) is 71.1 cm³/mol. The maximum atomic E-state index is 5.60. The molecule has 0 bridgehead atoms. The molecule has 1 aliphatic heterocycles. The SMILES string of the molecule is CC(C)(NCc1ccc2c(c1)OCCO2)C1CC1. The van der Waals surface area contributed by atoms with E-state index >= 15 is 0 Å². The summed E-state index contributed by atoms with van der Waals surface area (Å²) >= 11 is 0. The van der Waals surface area contributed by atoms with Crippen molar-refractivity contribution in [3.05, 3.63) is 23.8 Å². The molecular weight excluding hydrogens is 226 g/mol. The van der Waals surface area contributed by atoms with Gasteiger partial charge in [-0.05, 0) is 50.3 Å². The van der Waals surface area contributed by atoms with Crippen LogP contribution in [0.25, 0.3) is 0 Å². The summed E-state index contributed by atoms with van der Waals surface area (Å²) in [5.41, 5.74) is 1.50. The molecule has 1 aromatic rings. The van der Waals surface area contributed by atoms with E-state index in [1.54, 1.807) is 0 Å². The Morgan fingerprint density at radius 3 is 2.61 bits per heavy atom. The van der Waals surface area contributed by atoms with E-state index in [0.717, 1.165) is 24.0 Å². The Bertz CT molecular complexity index is 438. The Labute approximate surface area is 108 Å². The number of ether oxygens (including phenoxy) is 2. The van der Waals surface area contributed by atoms with Gasteiger partial charge in [-0.2, -0.15) is 0 Å². The lowest BCUT2D eigenvalue weighted by atomic mass is 9.98. The fraction of sp³-hybridized carbons (Fsp3) is 0.600. The van der Waals surface area contributed by atoms with Gasteiger partial charge in [0.25, 0.3) is 0 Å². The van der Waals surface area contributed by atoms with Crippen molar-refractivity contribution in [2.45, 2.75) is 38.8 Å². The smallest absolute Gasteiger partial charge is 0.161 e. The summed E-state index contributed by atoms with van der Waals surface area (Å²) in [6, 6.07) is 6.21. The zero-order valence-corrected chi connectivity index (χ0v) is 11.2. The van der Waals surface area contributed by atoms with Gasteiger partial charge in [-0.1, -0.05) is 6.07 Å². The van der Waals surface area contributed by atoms with E-state index in [-0.39, 0.29) is 5.54 Å². The van der Waals surface area contributed by atoms with Crippen LogP contribution < -0.4 is 14.8 Å². The Kier molecular flexibility index (Phi) is 2.94. The molecule has 3 nitrogen and oxygen atoms in total. The summed E-state index contributed by atoms with van der Waals surface area (Å²) in [4.78, 5) is 0. The highest BCUT2D eigenvalue weighted by Crippen LogP contribution is 2.39. The number of hydrogen-bond donors (Lipinski definition) is 1. The molecule has 0 unspecified atom stereocenters. The van der Waals surface area contributed by atoms with Crippen LogP contribution >= 0.6 is 0 Å². The van der Waals surface area contributed by atoms with Crippen LogP contribution in [0.1, 0.15) is 32.3 Å². The van der Waals surface area contributed by atoms with E-state index in [1.807, 2.05) is 6.07 Å². The van der Waals surface area contributed by atoms with Crippen molar-refractivity contribution in [3.8, 4) is 11.5 Å².